The van der Waals surface area contributed by atoms with Gasteiger partial charge in [-0.15, -0.1) is 0 Å². The molecule has 0 unspecified atom stereocenters. The highest BCUT2D eigenvalue weighted by Crippen LogP contribution is 2.32. The van der Waals surface area contributed by atoms with E-state index in [-0.39, 0.29) is 17.8 Å². The summed E-state index contributed by atoms with van der Waals surface area (Å²) >= 11 is 0. The van der Waals surface area contributed by atoms with E-state index in [2.05, 4.69) is 0 Å². The normalized spacial score (nSPS) is 17.2. The summed E-state index contributed by atoms with van der Waals surface area (Å²) in [5.74, 6) is -1.28. The van der Waals surface area contributed by atoms with Crippen LogP contribution in [-0.2, 0) is 20.7 Å². The Bertz CT molecular complexity index is 862. The van der Waals surface area contributed by atoms with Crippen molar-refractivity contribution in [3.8, 4) is 0 Å². The van der Waals surface area contributed by atoms with Crippen LogP contribution in [0.15, 0.2) is 54.6 Å². The predicted octanol–water partition coefficient (Wildman–Crippen LogP) is 3.75. The van der Waals surface area contributed by atoms with Gasteiger partial charge in [-0.05, 0) is 55.7 Å². The van der Waals surface area contributed by atoms with Crippen LogP contribution in [0.5, 0.6) is 0 Å². The van der Waals surface area contributed by atoms with Crippen LogP contribution in [0.25, 0.3) is 6.08 Å². The van der Waals surface area contributed by atoms with E-state index in [0.717, 1.165) is 17.7 Å². The zero-order valence-electron chi connectivity index (χ0n) is 14.7. The van der Waals surface area contributed by atoms with Crippen molar-refractivity contribution in [1.82, 2.24) is 0 Å². The Morgan fingerprint density at radius 2 is 2.00 bits per heavy atom. The third-order valence-electron chi connectivity index (χ3n) is 4.35. The summed E-state index contributed by atoms with van der Waals surface area (Å²) in [5.41, 5.74) is 2.52. The predicted molar refractivity (Wildman–Crippen MR) is 98.1 cm³/mol. The molecule has 2 atom stereocenters. The lowest BCUT2D eigenvalue weighted by Crippen LogP contribution is -2.43. The molecule has 1 heterocycles. The molecule has 1 aliphatic rings. The number of halogens is 1. The second kappa shape index (κ2) is 7.52. The van der Waals surface area contributed by atoms with Crippen molar-refractivity contribution < 1.29 is 18.7 Å². The summed E-state index contributed by atoms with van der Waals surface area (Å²) < 4.78 is 18.4. The number of hydrogen-bond donors (Lipinski definition) is 0. The van der Waals surface area contributed by atoms with Gasteiger partial charge in [0.1, 0.15) is 5.82 Å². The molecule has 0 fully saturated rings. The van der Waals surface area contributed by atoms with Crippen LogP contribution in [0.3, 0.4) is 0 Å². The first-order chi connectivity index (χ1) is 12.5. The lowest BCUT2D eigenvalue weighted by molar-refractivity contribution is -0.149. The molecule has 0 bridgehead atoms. The van der Waals surface area contributed by atoms with Gasteiger partial charge in [0, 0.05) is 17.8 Å². The van der Waals surface area contributed by atoms with Crippen molar-refractivity contribution >= 4 is 23.6 Å². The van der Waals surface area contributed by atoms with Crippen molar-refractivity contribution in [2.45, 2.75) is 32.4 Å². The van der Waals surface area contributed by atoms with Crippen LogP contribution in [0.1, 0.15) is 25.0 Å². The second-order valence-electron chi connectivity index (χ2n) is 6.36. The average molecular weight is 353 g/mol. The maximum atomic E-state index is 13.1. The number of esters is 1. The Hall–Kier alpha value is -2.95. The molecule has 0 N–H and O–H groups in total. The highest BCUT2D eigenvalue weighted by atomic mass is 19.1. The Balaban J connectivity index is 1.65. The molecule has 2 aromatic rings. The minimum atomic E-state index is -0.909. The number of amides is 1. The van der Waals surface area contributed by atoms with Gasteiger partial charge in [-0.25, -0.2) is 9.18 Å². The van der Waals surface area contributed by atoms with Crippen LogP contribution in [0.2, 0.25) is 0 Å². The van der Waals surface area contributed by atoms with Crippen LogP contribution in [-0.4, -0.2) is 24.0 Å². The second-order valence-corrected chi connectivity index (χ2v) is 6.36. The van der Waals surface area contributed by atoms with Gasteiger partial charge in [-0.1, -0.05) is 30.3 Å². The summed E-state index contributed by atoms with van der Waals surface area (Å²) in [5, 5.41) is 0. The number of carbonyl (C=O) groups is 2. The van der Waals surface area contributed by atoms with Crippen molar-refractivity contribution in [2.24, 2.45) is 0 Å². The van der Waals surface area contributed by atoms with Gasteiger partial charge in [0.25, 0.3) is 5.91 Å². The molecule has 0 aromatic heterocycles. The molecular weight excluding hydrogens is 333 g/mol. The van der Waals surface area contributed by atoms with Crippen LogP contribution in [0.4, 0.5) is 10.1 Å². The molecule has 26 heavy (non-hydrogen) atoms. The summed E-state index contributed by atoms with van der Waals surface area (Å²) in [6.45, 7) is 3.53. The van der Waals surface area contributed by atoms with Gasteiger partial charge < -0.3 is 9.64 Å². The number of carbonyl (C=O) groups excluding carboxylic acids is 2. The van der Waals surface area contributed by atoms with Crippen molar-refractivity contribution in [3.63, 3.8) is 0 Å². The fourth-order valence-electron chi connectivity index (χ4n) is 3.14. The van der Waals surface area contributed by atoms with Gasteiger partial charge in [0.2, 0.25) is 0 Å². The Kier molecular flexibility index (Phi) is 5.16. The Morgan fingerprint density at radius 1 is 1.23 bits per heavy atom. The Morgan fingerprint density at radius 3 is 2.77 bits per heavy atom. The highest BCUT2D eigenvalue weighted by Gasteiger charge is 2.34. The third-order valence-corrected chi connectivity index (χ3v) is 4.35. The molecule has 0 aliphatic carbocycles. The molecule has 0 saturated heterocycles. The van der Waals surface area contributed by atoms with E-state index < -0.39 is 12.1 Å². The topological polar surface area (TPSA) is 46.6 Å². The lowest BCUT2D eigenvalue weighted by atomic mass is 10.1. The standard InChI is InChI=1S/C21H20FNO3/c1-14-12-17-7-3-4-9-19(17)23(14)21(25)15(2)26-20(24)11-10-16-6-5-8-18(22)13-16/h3-11,13-15H,12H2,1-2H3/b11-10+/t14-,15-/m0/s1. The first kappa shape index (κ1) is 17.9. The molecule has 0 spiro atoms. The maximum absolute atomic E-state index is 13.1. The van der Waals surface area contributed by atoms with E-state index in [4.69, 9.17) is 4.74 Å². The largest absolute Gasteiger partial charge is 0.449 e. The first-order valence-corrected chi connectivity index (χ1v) is 8.51. The number of benzene rings is 2. The number of rotatable bonds is 4. The molecule has 134 valence electrons. The number of hydrogen-bond acceptors (Lipinski definition) is 3. The number of para-hydroxylation sites is 1. The van der Waals surface area contributed by atoms with Gasteiger partial charge in [0.15, 0.2) is 6.10 Å². The van der Waals surface area contributed by atoms with E-state index in [1.165, 1.54) is 24.3 Å². The van der Waals surface area contributed by atoms with Gasteiger partial charge in [0.05, 0.1) is 0 Å². The molecule has 1 amide bonds. The molecular formula is C21H20FNO3. The molecule has 1 aliphatic heterocycles. The summed E-state index contributed by atoms with van der Waals surface area (Å²) in [4.78, 5) is 26.4. The van der Waals surface area contributed by atoms with Gasteiger partial charge >= 0.3 is 5.97 Å². The molecule has 0 radical (unpaired) electrons. The zero-order chi connectivity index (χ0) is 18.7. The Labute approximate surface area is 151 Å². The van der Waals surface area contributed by atoms with Gasteiger partial charge in [-0.3, -0.25) is 4.79 Å². The van der Waals surface area contributed by atoms with Crippen LogP contribution in [0, 0.1) is 5.82 Å². The number of nitrogens with zero attached hydrogens (tertiary/aromatic N) is 1. The monoisotopic (exact) mass is 353 g/mol. The van der Waals surface area contributed by atoms with Crippen molar-refractivity contribution in [1.29, 1.82) is 0 Å². The van der Waals surface area contributed by atoms with Crippen LogP contribution < -0.4 is 4.90 Å². The molecule has 2 aromatic carbocycles. The first-order valence-electron chi connectivity index (χ1n) is 8.51. The minimum absolute atomic E-state index is 0.0175. The smallest absolute Gasteiger partial charge is 0.331 e. The number of ether oxygens (including phenoxy) is 1. The number of anilines is 1. The van der Waals surface area contributed by atoms with Gasteiger partial charge in [-0.2, -0.15) is 0 Å². The minimum Gasteiger partial charge on any atom is -0.449 e. The highest BCUT2D eigenvalue weighted by molar-refractivity contribution is 6.00. The van der Waals surface area contributed by atoms with E-state index in [1.54, 1.807) is 24.0 Å². The fraction of sp³-hybridized carbons (Fsp3) is 0.238. The molecule has 5 heteroatoms. The van der Waals surface area contributed by atoms with Crippen molar-refractivity contribution in [2.75, 3.05) is 4.90 Å². The maximum Gasteiger partial charge on any atom is 0.331 e. The third kappa shape index (κ3) is 3.82. The lowest BCUT2D eigenvalue weighted by Gasteiger charge is -2.25. The SMILES string of the molecule is C[C@H](OC(=O)/C=C/c1cccc(F)c1)C(=O)N1c2ccccc2C[C@@H]1C. The van der Waals surface area contributed by atoms with E-state index >= 15 is 0 Å². The summed E-state index contributed by atoms with van der Waals surface area (Å²) in [6.07, 6.45) is 2.52. The molecule has 3 rings (SSSR count). The molecule has 4 nitrogen and oxygen atoms in total. The van der Waals surface area contributed by atoms with E-state index in [0.29, 0.717) is 5.56 Å². The zero-order valence-corrected chi connectivity index (χ0v) is 14.7. The summed E-state index contributed by atoms with van der Waals surface area (Å²) in [6, 6.07) is 13.6. The average Bonchev–Trinajstić information content (AvgIpc) is 2.95. The fourth-order valence-corrected chi connectivity index (χ4v) is 3.14. The molecule has 0 saturated carbocycles. The number of fused-ring (bicyclic) bond motifs is 1. The van der Waals surface area contributed by atoms with Crippen LogP contribution >= 0.6 is 0 Å². The van der Waals surface area contributed by atoms with E-state index in [1.807, 2.05) is 31.2 Å². The quantitative estimate of drug-likeness (QED) is 0.621. The summed E-state index contributed by atoms with van der Waals surface area (Å²) in [7, 11) is 0. The van der Waals surface area contributed by atoms with Crippen molar-refractivity contribution in [3.05, 3.63) is 71.6 Å². The van der Waals surface area contributed by atoms with E-state index in [9.17, 15) is 14.0 Å².